The highest BCUT2D eigenvalue weighted by Crippen LogP contribution is 2.30. The lowest BCUT2D eigenvalue weighted by Crippen LogP contribution is -2.43. The van der Waals surface area contributed by atoms with E-state index in [0.29, 0.717) is 24.9 Å². The summed E-state index contributed by atoms with van der Waals surface area (Å²) in [4.78, 5) is 37.2. The first-order valence-corrected chi connectivity index (χ1v) is 8.29. The molecular weight excluding hydrogens is 308 g/mol. The van der Waals surface area contributed by atoms with Crippen LogP contribution >= 0.6 is 0 Å². The Kier molecular flexibility index (Phi) is 5.95. The molecule has 0 saturated heterocycles. The summed E-state index contributed by atoms with van der Waals surface area (Å²) in [6, 6.07) is 6.48. The van der Waals surface area contributed by atoms with Crippen molar-refractivity contribution in [3.8, 4) is 0 Å². The number of aliphatic carboxylic acids is 1. The van der Waals surface area contributed by atoms with Crippen LogP contribution in [0.4, 0.5) is 0 Å². The minimum absolute atomic E-state index is 0.0724. The minimum atomic E-state index is -1.02. The fourth-order valence-corrected chi connectivity index (χ4v) is 3.04. The molecule has 1 aromatic carbocycles. The molecule has 2 N–H and O–H groups in total. The number of rotatable bonds is 6. The van der Waals surface area contributed by atoms with E-state index < -0.39 is 12.0 Å². The summed E-state index contributed by atoms with van der Waals surface area (Å²) in [7, 11) is 0. The number of amides is 2. The van der Waals surface area contributed by atoms with Gasteiger partial charge in [-0.3, -0.25) is 9.59 Å². The number of hydrogen-bond donors (Lipinski definition) is 2. The molecule has 0 aliphatic carbocycles. The molecule has 6 heteroatoms. The van der Waals surface area contributed by atoms with Crippen molar-refractivity contribution >= 4 is 17.8 Å². The van der Waals surface area contributed by atoms with E-state index in [2.05, 4.69) is 5.32 Å². The van der Waals surface area contributed by atoms with Crippen molar-refractivity contribution < 1.29 is 19.5 Å². The van der Waals surface area contributed by atoms with E-state index in [1.165, 1.54) is 4.90 Å². The molecule has 0 fully saturated rings. The zero-order valence-corrected chi connectivity index (χ0v) is 14.1. The normalized spacial score (nSPS) is 16.6. The predicted molar refractivity (Wildman–Crippen MR) is 89.4 cm³/mol. The van der Waals surface area contributed by atoms with Crippen LogP contribution in [-0.2, 0) is 20.8 Å². The topological polar surface area (TPSA) is 86.7 Å². The quantitative estimate of drug-likeness (QED) is 0.833. The van der Waals surface area contributed by atoms with Gasteiger partial charge < -0.3 is 15.3 Å². The van der Waals surface area contributed by atoms with Crippen LogP contribution in [0.2, 0.25) is 0 Å². The van der Waals surface area contributed by atoms with Crippen molar-refractivity contribution in [1.29, 1.82) is 0 Å². The van der Waals surface area contributed by atoms with Crippen molar-refractivity contribution in [1.82, 2.24) is 10.2 Å². The van der Waals surface area contributed by atoms with Crippen LogP contribution < -0.4 is 5.32 Å². The zero-order chi connectivity index (χ0) is 17.7. The lowest BCUT2D eigenvalue weighted by Gasteiger charge is -2.34. The van der Waals surface area contributed by atoms with Gasteiger partial charge in [0.15, 0.2) is 6.04 Å². The van der Waals surface area contributed by atoms with Gasteiger partial charge in [-0.1, -0.05) is 24.3 Å². The molecule has 0 saturated carbocycles. The molecule has 130 valence electrons. The van der Waals surface area contributed by atoms with Crippen LogP contribution in [0.1, 0.15) is 50.3 Å². The first kappa shape index (κ1) is 18.0. The number of hydrogen-bond acceptors (Lipinski definition) is 3. The molecule has 2 amide bonds. The second kappa shape index (κ2) is 7.95. The van der Waals surface area contributed by atoms with Crippen molar-refractivity contribution in [3.63, 3.8) is 0 Å². The van der Waals surface area contributed by atoms with Crippen LogP contribution in [0, 0.1) is 0 Å². The summed E-state index contributed by atoms with van der Waals surface area (Å²) in [5.74, 6) is -1.32. The van der Waals surface area contributed by atoms with E-state index in [9.17, 15) is 19.5 Å². The summed E-state index contributed by atoms with van der Waals surface area (Å²) in [6.07, 6.45) is 1.52. The molecule has 0 spiro atoms. The van der Waals surface area contributed by atoms with Gasteiger partial charge in [-0.25, -0.2) is 4.79 Å². The largest absolute Gasteiger partial charge is 0.479 e. The van der Waals surface area contributed by atoms with Crippen molar-refractivity contribution in [2.75, 3.05) is 6.54 Å². The Bertz CT molecular complexity index is 627. The molecule has 0 bridgehead atoms. The zero-order valence-electron chi connectivity index (χ0n) is 14.1. The third kappa shape index (κ3) is 4.34. The number of fused-ring (bicyclic) bond motifs is 1. The summed E-state index contributed by atoms with van der Waals surface area (Å²) in [5, 5.41) is 12.3. The Morgan fingerprint density at radius 1 is 1.25 bits per heavy atom. The third-order valence-electron chi connectivity index (χ3n) is 4.08. The average molecular weight is 332 g/mol. The summed E-state index contributed by atoms with van der Waals surface area (Å²) in [5.41, 5.74) is 1.66. The third-order valence-corrected chi connectivity index (χ3v) is 4.08. The average Bonchev–Trinajstić information content (AvgIpc) is 2.52. The molecule has 1 aliphatic rings. The second-order valence-corrected chi connectivity index (χ2v) is 6.35. The van der Waals surface area contributed by atoms with Gasteiger partial charge in [-0.05, 0) is 37.8 Å². The Morgan fingerprint density at radius 3 is 2.62 bits per heavy atom. The molecule has 1 aromatic rings. The van der Waals surface area contributed by atoms with Crippen LogP contribution in [0.5, 0.6) is 0 Å². The number of carboxylic acids is 1. The number of benzene rings is 1. The molecule has 2 rings (SSSR count). The Labute approximate surface area is 141 Å². The molecule has 1 aliphatic heterocycles. The standard InChI is InChI=1S/C18H24N2O4/c1-12(2)19-15(21)8-5-9-16(22)20-11-10-13-6-3-4-7-14(13)17(20)18(23)24/h3-4,6-7,12,17H,5,8-11H2,1-2H3,(H,19,21)(H,23,24). The lowest BCUT2D eigenvalue weighted by molar-refractivity contribution is -0.151. The van der Waals surface area contributed by atoms with Crippen LogP contribution in [0.3, 0.4) is 0 Å². The van der Waals surface area contributed by atoms with Gasteiger partial charge in [0.2, 0.25) is 11.8 Å². The highest BCUT2D eigenvalue weighted by atomic mass is 16.4. The number of carbonyl (C=O) groups excluding carboxylic acids is 2. The van der Waals surface area contributed by atoms with Crippen molar-refractivity contribution in [2.24, 2.45) is 0 Å². The molecule has 0 radical (unpaired) electrons. The highest BCUT2D eigenvalue weighted by Gasteiger charge is 2.35. The van der Waals surface area contributed by atoms with Crippen molar-refractivity contribution in [3.05, 3.63) is 35.4 Å². The van der Waals surface area contributed by atoms with E-state index in [0.717, 1.165) is 5.56 Å². The molecule has 0 aromatic heterocycles. The predicted octanol–water partition coefficient (Wildman–Crippen LogP) is 1.89. The number of nitrogens with zero attached hydrogens (tertiary/aromatic N) is 1. The van der Waals surface area contributed by atoms with Gasteiger partial charge in [0.25, 0.3) is 0 Å². The molecule has 1 unspecified atom stereocenters. The molecule has 1 atom stereocenters. The molecular formula is C18H24N2O4. The monoisotopic (exact) mass is 332 g/mol. The number of carboxylic acid groups (broad SMARTS) is 1. The SMILES string of the molecule is CC(C)NC(=O)CCCC(=O)N1CCc2ccccc2C1C(=O)O. The Balaban J connectivity index is 1.99. The van der Waals surface area contributed by atoms with E-state index in [1.54, 1.807) is 12.1 Å². The van der Waals surface area contributed by atoms with Gasteiger partial charge in [-0.15, -0.1) is 0 Å². The summed E-state index contributed by atoms with van der Waals surface area (Å²) >= 11 is 0. The second-order valence-electron chi connectivity index (χ2n) is 6.35. The van der Waals surface area contributed by atoms with Gasteiger partial charge >= 0.3 is 5.97 Å². The Morgan fingerprint density at radius 2 is 1.96 bits per heavy atom. The maximum Gasteiger partial charge on any atom is 0.331 e. The Hall–Kier alpha value is -2.37. The molecule has 1 heterocycles. The van der Waals surface area contributed by atoms with Gasteiger partial charge in [0, 0.05) is 25.4 Å². The van der Waals surface area contributed by atoms with E-state index in [1.807, 2.05) is 26.0 Å². The molecule has 6 nitrogen and oxygen atoms in total. The molecule has 24 heavy (non-hydrogen) atoms. The summed E-state index contributed by atoms with van der Waals surface area (Å²) in [6.45, 7) is 4.16. The van der Waals surface area contributed by atoms with Crippen LogP contribution in [0.15, 0.2) is 24.3 Å². The first-order chi connectivity index (χ1) is 11.4. The fraction of sp³-hybridized carbons (Fsp3) is 0.500. The smallest absolute Gasteiger partial charge is 0.331 e. The minimum Gasteiger partial charge on any atom is -0.479 e. The fourth-order valence-electron chi connectivity index (χ4n) is 3.04. The summed E-state index contributed by atoms with van der Waals surface area (Å²) < 4.78 is 0. The number of nitrogens with one attached hydrogen (secondary N) is 1. The maximum absolute atomic E-state index is 12.5. The van der Waals surface area contributed by atoms with Crippen molar-refractivity contribution in [2.45, 2.75) is 51.6 Å². The van der Waals surface area contributed by atoms with Gasteiger partial charge in [-0.2, -0.15) is 0 Å². The lowest BCUT2D eigenvalue weighted by atomic mass is 9.92. The van der Waals surface area contributed by atoms with Crippen LogP contribution in [0.25, 0.3) is 0 Å². The van der Waals surface area contributed by atoms with E-state index >= 15 is 0 Å². The van der Waals surface area contributed by atoms with Gasteiger partial charge in [0.05, 0.1) is 0 Å². The number of carbonyl (C=O) groups is 3. The van der Waals surface area contributed by atoms with E-state index in [-0.39, 0.29) is 30.7 Å². The maximum atomic E-state index is 12.5. The van der Waals surface area contributed by atoms with Gasteiger partial charge in [0.1, 0.15) is 0 Å². The first-order valence-electron chi connectivity index (χ1n) is 8.29. The van der Waals surface area contributed by atoms with Crippen LogP contribution in [-0.4, -0.2) is 40.4 Å². The van der Waals surface area contributed by atoms with E-state index in [4.69, 9.17) is 0 Å². The highest BCUT2D eigenvalue weighted by molar-refractivity contribution is 5.86.